The lowest BCUT2D eigenvalue weighted by Crippen LogP contribution is -2.06. The lowest BCUT2D eigenvalue weighted by atomic mass is 9.91. The Morgan fingerprint density at radius 1 is 0.600 bits per heavy atom. The number of benzene rings is 2. The van der Waals surface area contributed by atoms with E-state index in [1.165, 1.54) is 11.1 Å². The summed E-state index contributed by atoms with van der Waals surface area (Å²) in [5, 5.41) is 0. The minimum absolute atomic E-state index is 0.203. The van der Waals surface area contributed by atoms with Crippen molar-refractivity contribution in [2.24, 2.45) is 0 Å². The zero-order valence-electron chi connectivity index (χ0n) is 18.5. The van der Waals surface area contributed by atoms with Gasteiger partial charge in [0.05, 0.1) is 0 Å². The van der Waals surface area contributed by atoms with Gasteiger partial charge in [-0.3, -0.25) is 9.59 Å². The van der Waals surface area contributed by atoms with Crippen molar-refractivity contribution >= 4 is 23.1 Å². The highest BCUT2D eigenvalue weighted by Crippen LogP contribution is 2.33. The molecule has 0 aliphatic rings. The Bertz CT molecular complexity index is 787. The van der Waals surface area contributed by atoms with Gasteiger partial charge in [-0.15, -0.1) is 0 Å². The summed E-state index contributed by atoms with van der Waals surface area (Å²) in [6.07, 6.45) is 4.15. The molecular formula is C26H32O4. The largest absolute Gasteiger partial charge is 0.427 e. The maximum Gasteiger partial charge on any atom is 0.311 e. The molecule has 0 heterocycles. The summed E-state index contributed by atoms with van der Waals surface area (Å²) in [7, 11) is 0. The molecule has 0 N–H and O–H groups in total. The van der Waals surface area contributed by atoms with E-state index >= 15 is 0 Å². The summed E-state index contributed by atoms with van der Waals surface area (Å²) in [6, 6.07) is 15.4. The van der Waals surface area contributed by atoms with Gasteiger partial charge in [-0.25, -0.2) is 0 Å². The SMILES string of the molecule is CCCC(=O)Oc1ccc(/C(CC)=C(\CC)c2ccc(OC(=O)CCC)cc2)cc1. The minimum Gasteiger partial charge on any atom is -0.427 e. The van der Waals surface area contributed by atoms with E-state index in [4.69, 9.17) is 9.47 Å². The van der Waals surface area contributed by atoms with Crippen LogP contribution in [0.25, 0.3) is 11.1 Å². The molecule has 0 amide bonds. The zero-order valence-corrected chi connectivity index (χ0v) is 18.5. The summed E-state index contributed by atoms with van der Waals surface area (Å²) >= 11 is 0. The fourth-order valence-corrected chi connectivity index (χ4v) is 3.41. The first-order valence-corrected chi connectivity index (χ1v) is 10.9. The van der Waals surface area contributed by atoms with Crippen LogP contribution in [-0.2, 0) is 9.59 Å². The molecule has 0 aromatic heterocycles. The van der Waals surface area contributed by atoms with Crippen LogP contribution in [0.2, 0.25) is 0 Å². The Balaban J connectivity index is 2.25. The number of esters is 2. The van der Waals surface area contributed by atoms with Crippen molar-refractivity contribution in [3.8, 4) is 11.5 Å². The highest BCUT2D eigenvalue weighted by molar-refractivity contribution is 5.91. The molecule has 0 aliphatic carbocycles. The number of rotatable bonds is 10. The molecule has 0 aliphatic heterocycles. The number of hydrogen-bond donors (Lipinski definition) is 0. The van der Waals surface area contributed by atoms with Crippen molar-refractivity contribution in [1.82, 2.24) is 0 Å². The highest BCUT2D eigenvalue weighted by Gasteiger charge is 2.11. The molecule has 4 nitrogen and oxygen atoms in total. The highest BCUT2D eigenvalue weighted by atomic mass is 16.5. The van der Waals surface area contributed by atoms with Crippen molar-refractivity contribution < 1.29 is 19.1 Å². The van der Waals surface area contributed by atoms with Crippen molar-refractivity contribution in [3.05, 3.63) is 59.7 Å². The van der Waals surface area contributed by atoms with Crippen LogP contribution < -0.4 is 9.47 Å². The molecule has 0 fully saturated rings. The predicted molar refractivity (Wildman–Crippen MR) is 121 cm³/mol. The fourth-order valence-electron chi connectivity index (χ4n) is 3.41. The minimum atomic E-state index is -0.203. The Kier molecular flexibility index (Phi) is 9.33. The quantitative estimate of drug-likeness (QED) is 0.246. The average molecular weight is 409 g/mol. The van der Waals surface area contributed by atoms with Crippen LogP contribution in [0.3, 0.4) is 0 Å². The normalized spacial score (nSPS) is 11.6. The Morgan fingerprint density at radius 3 is 1.20 bits per heavy atom. The number of carbonyl (C=O) groups excluding carboxylic acids is 2. The second kappa shape index (κ2) is 12.0. The lowest BCUT2D eigenvalue weighted by Gasteiger charge is -2.15. The molecule has 0 bridgehead atoms. The summed E-state index contributed by atoms with van der Waals surface area (Å²) in [5.41, 5.74) is 4.73. The second-order valence-corrected chi connectivity index (χ2v) is 7.16. The Labute approximate surface area is 179 Å². The van der Waals surface area contributed by atoms with Gasteiger partial charge in [0.25, 0.3) is 0 Å². The third-order valence-corrected chi connectivity index (χ3v) is 4.85. The first-order valence-electron chi connectivity index (χ1n) is 10.9. The van der Waals surface area contributed by atoms with E-state index in [0.29, 0.717) is 24.3 Å². The van der Waals surface area contributed by atoms with Gasteiger partial charge in [-0.1, -0.05) is 52.0 Å². The van der Waals surface area contributed by atoms with Crippen LogP contribution in [0.4, 0.5) is 0 Å². The van der Waals surface area contributed by atoms with E-state index < -0.39 is 0 Å². The molecule has 4 heteroatoms. The zero-order chi connectivity index (χ0) is 21.9. The number of ether oxygens (including phenoxy) is 2. The third kappa shape index (κ3) is 6.58. The monoisotopic (exact) mass is 408 g/mol. The summed E-state index contributed by atoms with van der Waals surface area (Å²) in [5.74, 6) is 0.740. The summed E-state index contributed by atoms with van der Waals surface area (Å²) in [6.45, 7) is 8.19. The van der Waals surface area contributed by atoms with E-state index in [1.807, 2.05) is 62.4 Å². The van der Waals surface area contributed by atoms with E-state index in [-0.39, 0.29) is 11.9 Å². The van der Waals surface area contributed by atoms with E-state index in [9.17, 15) is 9.59 Å². The fraction of sp³-hybridized carbons (Fsp3) is 0.385. The topological polar surface area (TPSA) is 52.6 Å². The second-order valence-electron chi connectivity index (χ2n) is 7.16. The molecule has 2 aromatic carbocycles. The van der Waals surface area contributed by atoms with Crippen LogP contribution in [0.5, 0.6) is 11.5 Å². The molecule has 0 atom stereocenters. The first-order chi connectivity index (χ1) is 14.5. The van der Waals surface area contributed by atoms with Gasteiger partial charge in [0, 0.05) is 12.8 Å². The molecule has 30 heavy (non-hydrogen) atoms. The molecule has 2 rings (SSSR count). The molecule has 0 radical (unpaired) electrons. The standard InChI is InChI=1S/C26H32O4/c1-5-9-25(27)29-21-15-11-19(12-16-21)23(7-3)24(8-4)20-13-17-22(18-14-20)30-26(28)10-6-2/h11-18H,5-10H2,1-4H3/b24-23+. The summed E-state index contributed by atoms with van der Waals surface area (Å²) in [4.78, 5) is 23.4. The average Bonchev–Trinajstić information content (AvgIpc) is 2.74. The molecule has 2 aromatic rings. The maximum absolute atomic E-state index is 11.7. The van der Waals surface area contributed by atoms with Crippen molar-refractivity contribution in [2.45, 2.75) is 66.2 Å². The van der Waals surface area contributed by atoms with E-state index in [2.05, 4.69) is 13.8 Å². The van der Waals surface area contributed by atoms with Crippen LogP contribution in [0, 0.1) is 0 Å². The molecule has 0 spiro atoms. The summed E-state index contributed by atoms with van der Waals surface area (Å²) < 4.78 is 10.7. The molecule has 0 saturated carbocycles. The van der Waals surface area contributed by atoms with Crippen LogP contribution in [0.15, 0.2) is 48.5 Å². The van der Waals surface area contributed by atoms with Gasteiger partial charge in [-0.05, 0) is 72.2 Å². The van der Waals surface area contributed by atoms with Gasteiger partial charge in [0.15, 0.2) is 0 Å². The van der Waals surface area contributed by atoms with E-state index in [1.54, 1.807) is 0 Å². The van der Waals surface area contributed by atoms with Crippen LogP contribution in [0.1, 0.15) is 77.3 Å². The van der Waals surface area contributed by atoms with Crippen molar-refractivity contribution in [2.75, 3.05) is 0 Å². The maximum atomic E-state index is 11.7. The van der Waals surface area contributed by atoms with Gasteiger partial charge in [-0.2, -0.15) is 0 Å². The van der Waals surface area contributed by atoms with Gasteiger partial charge in [0.1, 0.15) is 11.5 Å². The number of hydrogen-bond acceptors (Lipinski definition) is 4. The number of allylic oxidation sites excluding steroid dienone is 2. The van der Waals surface area contributed by atoms with Crippen molar-refractivity contribution in [1.29, 1.82) is 0 Å². The van der Waals surface area contributed by atoms with Gasteiger partial charge in [0.2, 0.25) is 0 Å². The van der Waals surface area contributed by atoms with Crippen LogP contribution >= 0.6 is 0 Å². The smallest absolute Gasteiger partial charge is 0.311 e. The van der Waals surface area contributed by atoms with E-state index in [0.717, 1.165) is 36.8 Å². The number of carbonyl (C=O) groups is 2. The molecule has 0 unspecified atom stereocenters. The van der Waals surface area contributed by atoms with Crippen molar-refractivity contribution in [3.63, 3.8) is 0 Å². The Morgan fingerprint density at radius 2 is 0.933 bits per heavy atom. The molecular weight excluding hydrogens is 376 g/mol. The lowest BCUT2D eigenvalue weighted by molar-refractivity contribution is -0.135. The van der Waals surface area contributed by atoms with Crippen LogP contribution in [-0.4, -0.2) is 11.9 Å². The Hall–Kier alpha value is -2.88. The third-order valence-electron chi connectivity index (χ3n) is 4.85. The molecule has 0 saturated heterocycles. The first kappa shape index (κ1) is 23.4. The molecule has 160 valence electrons. The van der Waals surface area contributed by atoms with Gasteiger partial charge < -0.3 is 9.47 Å². The predicted octanol–water partition coefficient (Wildman–Crippen LogP) is 6.83. The van der Waals surface area contributed by atoms with Gasteiger partial charge >= 0.3 is 11.9 Å².